The van der Waals surface area contributed by atoms with E-state index >= 15 is 0 Å². The zero-order chi connectivity index (χ0) is 20.2. The number of amides is 1. The van der Waals surface area contributed by atoms with E-state index in [1.165, 1.54) is 6.33 Å². The number of hydrogen-bond acceptors (Lipinski definition) is 7. The number of aryl methyl sites for hydroxylation is 1. The number of rotatable bonds is 5. The lowest BCUT2D eigenvalue weighted by atomic mass is 10.2. The molecular weight excluding hydrogens is 372 g/mol. The van der Waals surface area contributed by atoms with Crippen LogP contribution in [-0.4, -0.2) is 36.2 Å². The summed E-state index contributed by atoms with van der Waals surface area (Å²) in [6.45, 7) is 2.98. The van der Waals surface area contributed by atoms with E-state index < -0.39 is 0 Å². The van der Waals surface area contributed by atoms with Gasteiger partial charge >= 0.3 is 0 Å². The van der Waals surface area contributed by atoms with Gasteiger partial charge in [-0.25, -0.2) is 9.97 Å². The van der Waals surface area contributed by atoms with E-state index in [1.807, 2.05) is 25.1 Å². The van der Waals surface area contributed by atoms with E-state index in [2.05, 4.69) is 20.6 Å². The number of hydrogen-bond donors (Lipinski definition) is 2. The SMILES string of the molecule is COc1ccc(C)cc1Nc1cc(C(=O)Nc2ccc3c(c2)OCCO3)ncn1. The molecule has 8 nitrogen and oxygen atoms in total. The molecule has 1 aliphatic rings. The molecule has 0 spiro atoms. The summed E-state index contributed by atoms with van der Waals surface area (Å²) in [6, 6.07) is 12.6. The predicted molar refractivity (Wildman–Crippen MR) is 108 cm³/mol. The van der Waals surface area contributed by atoms with E-state index in [1.54, 1.807) is 31.4 Å². The molecule has 3 aromatic rings. The summed E-state index contributed by atoms with van der Waals surface area (Å²) in [5.41, 5.74) is 2.64. The Labute approximate surface area is 167 Å². The van der Waals surface area contributed by atoms with Crippen molar-refractivity contribution in [3.63, 3.8) is 0 Å². The number of anilines is 3. The number of carbonyl (C=O) groups is 1. The van der Waals surface area contributed by atoms with E-state index in [0.717, 1.165) is 11.3 Å². The average molecular weight is 392 g/mol. The van der Waals surface area contributed by atoms with Crippen molar-refractivity contribution in [1.82, 2.24) is 9.97 Å². The Kier molecular flexibility index (Phi) is 5.15. The highest BCUT2D eigenvalue weighted by Crippen LogP contribution is 2.33. The largest absolute Gasteiger partial charge is 0.495 e. The number of nitrogens with zero attached hydrogens (tertiary/aromatic N) is 2. The van der Waals surface area contributed by atoms with Crippen molar-refractivity contribution in [3.8, 4) is 17.2 Å². The normalized spacial score (nSPS) is 12.2. The first-order valence-corrected chi connectivity index (χ1v) is 9.07. The van der Waals surface area contributed by atoms with Crippen molar-refractivity contribution in [2.75, 3.05) is 31.0 Å². The van der Waals surface area contributed by atoms with Gasteiger partial charge in [-0.15, -0.1) is 0 Å². The van der Waals surface area contributed by atoms with Gasteiger partial charge in [0.1, 0.15) is 36.8 Å². The van der Waals surface area contributed by atoms with Crippen LogP contribution in [0.1, 0.15) is 16.1 Å². The van der Waals surface area contributed by atoms with Crippen LogP contribution in [0.3, 0.4) is 0 Å². The number of fused-ring (bicyclic) bond motifs is 1. The molecule has 2 N–H and O–H groups in total. The number of aromatic nitrogens is 2. The molecular formula is C21H20N4O4. The second kappa shape index (κ2) is 8.05. The van der Waals surface area contributed by atoms with Crippen molar-refractivity contribution >= 4 is 23.1 Å². The van der Waals surface area contributed by atoms with Crippen LogP contribution < -0.4 is 24.8 Å². The molecule has 0 aliphatic carbocycles. The van der Waals surface area contributed by atoms with E-state index in [-0.39, 0.29) is 11.6 Å². The minimum absolute atomic E-state index is 0.226. The van der Waals surface area contributed by atoms with E-state index in [9.17, 15) is 4.79 Å². The van der Waals surface area contributed by atoms with Gasteiger partial charge in [0.15, 0.2) is 11.5 Å². The van der Waals surface area contributed by atoms with Crippen molar-refractivity contribution in [1.29, 1.82) is 0 Å². The van der Waals surface area contributed by atoms with Crippen LogP contribution in [-0.2, 0) is 0 Å². The molecule has 29 heavy (non-hydrogen) atoms. The lowest BCUT2D eigenvalue weighted by molar-refractivity contribution is 0.102. The van der Waals surface area contributed by atoms with Crippen molar-refractivity contribution in [2.24, 2.45) is 0 Å². The van der Waals surface area contributed by atoms with Crippen LogP contribution in [0, 0.1) is 6.92 Å². The Hall–Kier alpha value is -3.81. The van der Waals surface area contributed by atoms with Crippen LogP contribution in [0.4, 0.5) is 17.2 Å². The Morgan fingerprint density at radius 3 is 2.69 bits per heavy atom. The maximum absolute atomic E-state index is 12.6. The van der Waals surface area contributed by atoms with E-state index in [0.29, 0.717) is 42.0 Å². The fourth-order valence-corrected chi connectivity index (χ4v) is 2.92. The number of benzene rings is 2. The fourth-order valence-electron chi connectivity index (χ4n) is 2.92. The monoisotopic (exact) mass is 392 g/mol. The summed E-state index contributed by atoms with van der Waals surface area (Å²) in [6.07, 6.45) is 1.34. The lowest BCUT2D eigenvalue weighted by Crippen LogP contribution is -2.17. The summed E-state index contributed by atoms with van der Waals surface area (Å²) in [5.74, 6) is 2.07. The first kappa shape index (κ1) is 18.5. The number of nitrogens with one attached hydrogen (secondary N) is 2. The number of methoxy groups -OCH3 is 1. The van der Waals surface area contributed by atoms with Gasteiger partial charge in [0.2, 0.25) is 0 Å². The predicted octanol–water partition coefficient (Wildman–Crippen LogP) is 3.56. The summed E-state index contributed by atoms with van der Waals surface area (Å²) in [5, 5.41) is 5.99. The molecule has 148 valence electrons. The zero-order valence-corrected chi connectivity index (χ0v) is 16.1. The topological polar surface area (TPSA) is 94.6 Å². The molecule has 2 aromatic carbocycles. The molecule has 0 fully saturated rings. The minimum atomic E-state index is -0.358. The Morgan fingerprint density at radius 2 is 1.86 bits per heavy atom. The van der Waals surface area contributed by atoms with Crippen LogP contribution in [0.2, 0.25) is 0 Å². The van der Waals surface area contributed by atoms with Gasteiger partial charge in [0.05, 0.1) is 12.8 Å². The van der Waals surface area contributed by atoms with Gasteiger partial charge in [-0.3, -0.25) is 4.79 Å². The van der Waals surface area contributed by atoms with Gasteiger partial charge in [-0.05, 0) is 36.8 Å². The molecule has 0 saturated heterocycles. The minimum Gasteiger partial charge on any atom is -0.495 e. The maximum atomic E-state index is 12.6. The van der Waals surface area contributed by atoms with Crippen LogP contribution in [0.15, 0.2) is 48.8 Å². The van der Waals surface area contributed by atoms with Gasteiger partial charge in [0.25, 0.3) is 5.91 Å². The zero-order valence-electron chi connectivity index (χ0n) is 16.1. The smallest absolute Gasteiger partial charge is 0.274 e. The lowest BCUT2D eigenvalue weighted by Gasteiger charge is -2.19. The molecule has 0 radical (unpaired) electrons. The molecule has 4 rings (SSSR count). The summed E-state index contributed by atoms with van der Waals surface area (Å²) in [4.78, 5) is 20.9. The third-order valence-electron chi connectivity index (χ3n) is 4.32. The molecule has 2 heterocycles. The number of carbonyl (C=O) groups excluding carboxylic acids is 1. The second-order valence-corrected chi connectivity index (χ2v) is 6.43. The van der Waals surface area contributed by atoms with Gasteiger partial charge in [-0.2, -0.15) is 0 Å². The average Bonchev–Trinajstić information content (AvgIpc) is 2.74. The highest BCUT2D eigenvalue weighted by molar-refractivity contribution is 6.03. The third kappa shape index (κ3) is 4.21. The first-order valence-electron chi connectivity index (χ1n) is 9.07. The Bertz CT molecular complexity index is 1050. The van der Waals surface area contributed by atoms with Crippen LogP contribution in [0.5, 0.6) is 17.2 Å². The van der Waals surface area contributed by atoms with E-state index in [4.69, 9.17) is 14.2 Å². The third-order valence-corrected chi connectivity index (χ3v) is 4.32. The molecule has 1 amide bonds. The van der Waals surface area contributed by atoms with Crippen molar-refractivity contribution in [2.45, 2.75) is 6.92 Å². The Morgan fingerprint density at radius 1 is 1.03 bits per heavy atom. The molecule has 0 bridgehead atoms. The van der Waals surface area contributed by atoms with Crippen LogP contribution in [0.25, 0.3) is 0 Å². The van der Waals surface area contributed by atoms with Crippen molar-refractivity contribution < 1.29 is 19.0 Å². The fraction of sp³-hybridized carbons (Fsp3) is 0.190. The molecule has 0 saturated carbocycles. The summed E-state index contributed by atoms with van der Waals surface area (Å²) < 4.78 is 16.4. The summed E-state index contributed by atoms with van der Waals surface area (Å²) >= 11 is 0. The van der Waals surface area contributed by atoms with Crippen molar-refractivity contribution in [3.05, 3.63) is 60.0 Å². The van der Waals surface area contributed by atoms with Crippen LogP contribution >= 0.6 is 0 Å². The molecule has 1 aromatic heterocycles. The Balaban J connectivity index is 1.51. The first-order chi connectivity index (χ1) is 14.1. The van der Waals surface area contributed by atoms with Gasteiger partial charge < -0.3 is 24.8 Å². The molecule has 0 atom stereocenters. The number of ether oxygens (including phenoxy) is 3. The molecule has 1 aliphatic heterocycles. The maximum Gasteiger partial charge on any atom is 0.274 e. The second-order valence-electron chi connectivity index (χ2n) is 6.43. The quantitative estimate of drug-likeness (QED) is 0.685. The molecule has 0 unspecified atom stereocenters. The van der Waals surface area contributed by atoms with Gasteiger partial charge in [0, 0.05) is 17.8 Å². The highest BCUT2D eigenvalue weighted by Gasteiger charge is 2.15. The molecule has 8 heteroatoms. The summed E-state index contributed by atoms with van der Waals surface area (Å²) in [7, 11) is 1.60. The highest BCUT2D eigenvalue weighted by atomic mass is 16.6. The van der Waals surface area contributed by atoms with Gasteiger partial charge in [-0.1, -0.05) is 6.07 Å². The standard InChI is InChI=1S/C21H20N4O4/c1-13-3-5-17(27-2)15(9-13)25-20-11-16(22-12-23-20)21(26)24-14-4-6-18-19(10-14)29-8-7-28-18/h3-6,9-12H,7-8H2,1-2H3,(H,24,26)(H,22,23,25).